The van der Waals surface area contributed by atoms with Crippen LogP contribution < -0.4 is 18.9 Å². The Kier molecular flexibility index (Phi) is 9.19. The molecule has 0 radical (unpaired) electrons. The highest BCUT2D eigenvalue weighted by molar-refractivity contribution is 5.70. The van der Waals surface area contributed by atoms with Crippen molar-refractivity contribution in [2.75, 3.05) is 13.7 Å². The zero-order valence-electron chi connectivity index (χ0n) is 33.2. The summed E-state index contributed by atoms with van der Waals surface area (Å²) in [7, 11) is 3.43. The van der Waals surface area contributed by atoms with Crippen LogP contribution in [0.1, 0.15) is 48.0 Å². The van der Waals surface area contributed by atoms with Crippen molar-refractivity contribution in [1.29, 1.82) is 0 Å². The number of fused-ring (bicyclic) bond motifs is 4. The highest BCUT2D eigenvalue weighted by Gasteiger charge is 2.24. The normalized spacial score (nSPS) is 13.0. The van der Waals surface area contributed by atoms with Crippen molar-refractivity contribution < 1.29 is 28.0 Å². The topological polar surface area (TPSA) is 222 Å². The molecule has 0 saturated heterocycles. The predicted octanol–water partition coefficient (Wildman–Crippen LogP) is 4.37. The smallest absolute Gasteiger partial charge is 0.275 e. The van der Waals surface area contributed by atoms with E-state index in [0.29, 0.717) is 75.5 Å². The van der Waals surface area contributed by atoms with Gasteiger partial charge in [-0.2, -0.15) is 9.03 Å². The van der Waals surface area contributed by atoms with Crippen molar-refractivity contribution in [3.8, 4) is 46.3 Å². The summed E-state index contributed by atoms with van der Waals surface area (Å²) in [4.78, 5) is 16.3. The number of hydrogen-bond acceptors (Lipinski definition) is 18. The molecule has 0 N–H and O–H groups in total. The lowest BCUT2D eigenvalue weighted by Crippen LogP contribution is -2.24. The van der Waals surface area contributed by atoms with Crippen LogP contribution in [0.2, 0.25) is 0 Å². The van der Waals surface area contributed by atoms with Gasteiger partial charge in [0, 0.05) is 56.9 Å². The van der Waals surface area contributed by atoms with Crippen LogP contribution in [0.15, 0.2) is 63.9 Å². The number of aromatic nitrogens is 14. The summed E-state index contributed by atoms with van der Waals surface area (Å²) in [5.74, 6) is 3.06. The fourth-order valence-corrected chi connectivity index (χ4v) is 6.82. The summed E-state index contributed by atoms with van der Waals surface area (Å²) in [6, 6.07) is 15.2. The maximum atomic E-state index is 6.24. The van der Waals surface area contributed by atoms with E-state index in [9.17, 15) is 0 Å². The molecule has 0 aromatic carbocycles. The summed E-state index contributed by atoms with van der Waals surface area (Å²) >= 11 is 0. The highest BCUT2D eigenvalue weighted by Crippen LogP contribution is 2.31. The molecule has 0 amide bonds. The minimum atomic E-state index is 0.100. The number of hydrogen-bond donors (Lipinski definition) is 0. The Morgan fingerprint density at radius 1 is 0.750 bits per heavy atom. The molecular formula is C39H37N15O6. The first kappa shape index (κ1) is 36.8. The molecule has 10 heterocycles. The summed E-state index contributed by atoms with van der Waals surface area (Å²) < 4.78 is 40.1. The van der Waals surface area contributed by atoms with Crippen LogP contribution in [0, 0.1) is 6.92 Å². The van der Waals surface area contributed by atoms with E-state index >= 15 is 0 Å². The number of rotatable bonds is 14. The van der Waals surface area contributed by atoms with Crippen LogP contribution in [-0.4, -0.2) is 94.1 Å². The minimum absolute atomic E-state index is 0.100. The molecule has 0 spiro atoms. The number of imidazole rings is 1. The number of methoxy groups -OCH3 is 1. The summed E-state index contributed by atoms with van der Waals surface area (Å²) in [5.41, 5.74) is 7.01. The Bertz CT molecular complexity index is 3020. The fourth-order valence-electron chi connectivity index (χ4n) is 6.82. The largest absolute Gasteiger partial charge is 0.491 e. The van der Waals surface area contributed by atoms with E-state index in [0.717, 1.165) is 35.6 Å². The molecule has 60 heavy (non-hydrogen) atoms. The first-order valence-electron chi connectivity index (χ1n) is 19.1. The molecule has 0 fully saturated rings. The van der Waals surface area contributed by atoms with Crippen LogP contribution in [-0.2, 0) is 39.8 Å². The Morgan fingerprint density at radius 2 is 1.43 bits per heavy atom. The lowest BCUT2D eigenvalue weighted by Gasteiger charge is -2.18. The number of nitrogens with zero attached hydrogens (tertiary/aromatic N) is 15. The third-order valence-corrected chi connectivity index (χ3v) is 10.0. The third kappa shape index (κ3) is 6.93. The van der Waals surface area contributed by atoms with Gasteiger partial charge in [-0.05, 0) is 44.5 Å². The van der Waals surface area contributed by atoms with E-state index in [1.54, 1.807) is 44.6 Å². The van der Waals surface area contributed by atoms with Crippen molar-refractivity contribution in [3.05, 3.63) is 89.0 Å². The van der Waals surface area contributed by atoms with Crippen LogP contribution in [0.25, 0.3) is 45.5 Å². The number of aryl methyl sites for hydroxylation is 2. The van der Waals surface area contributed by atoms with E-state index in [2.05, 4.69) is 65.6 Å². The lowest BCUT2D eigenvalue weighted by molar-refractivity contribution is 0.225. The Morgan fingerprint density at radius 3 is 2.15 bits per heavy atom. The van der Waals surface area contributed by atoms with Gasteiger partial charge in [0.25, 0.3) is 11.8 Å². The molecular weight excluding hydrogens is 775 g/mol. The van der Waals surface area contributed by atoms with Gasteiger partial charge in [0.2, 0.25) is 11.6 Å². The van der Waals surface area contributed by atoms with Gasteiger partial charge in [-0.1, -0.05) is 16.4 Å². The van der Waals surface area contributed by atoms with E-state index < -0.39 is 0 Å². The van der Waals surface area contributed by atoms with Crippen molar-refractivity contribution in [1.82, 2.24) is 74.4 Å². The molecule has 21 heteroatoms. The van der Waals surface area contributed by atoms with Crippen molar-refractivity contribution in [2.45, 2.75) is 59.5 Å². The van der Waals surface area contributed by atoms with Crippen LogP contribution in [0.4, 0.5) is 0 Å². The minimum Gasteiger partial charge on any atom is -0.491 e. The van der Waals surface area contributed by atoms with Gasteiger partial charge in [-0.25, -0.2) is 9.97 Å². The van der Waals surface area contributed by atoms with Crippen LogP contribution in [0.5, 0.6) is 23.3 Å². The van der Waals surface area contributed by atoms with Crippen LogP contribution in [0.3, 0.4) is 0 Å². The second-order valence-corrected chi connectivity index (χ2v) is 14.5. The molecule has 1 aliphatic rings. The van der Waals surface area contributed by atoms with Crippen molar-refractivity contribution >= 4 is 22.5 Å². The second kappa shape index (κ2) is 15.0. The molecule has 10 rings (SSSR count). The van der Waals surface area contributed by atoms with Gasteiger partial charge >= 0.3 is 0 Å². The van der Waals surface area contributed by atoms with Gasteiger partial charge in [-0.15, -0.1) is 30.6 Å². The maximum absolute atomic E-state index is 6.24. The lowest BCUT2D eigenvalue weighted by atomic mass is 10.2. The monoisotopic (exact) mass is 811 g/mol. The number of pyridine rings is 2. The molecule has 0 bridgehead atoms. The molecule has 9 aromatic heterocycles. The standard InChI is InChI=1S/C39H37N15O6/c1-21(2)52-16-23-6-7-24(41-30(23)17-52)18-57-38-31(55-5)14-33-43-46-37(53(33)47-38)29-13-26(60-50-29)10-11-56-32-15-34-44-45-36(28-12-22(3)59-49-28)54(34)48-39(32)58-19-25-8-9-27-35(42-25)51(4)20-40-27/h6-9,12-15,20-21H,10-11,16-19H2,1-5H3. The molecule has 21 nitrogen and oxygen atoms in total. The van der Waals surface area contributed by atoms with Gasteiger partial charge in [-0.3, -0.25) is 9.88 Å². The third-order valence-electron chi connectivity index (χ3n) is 10.0. The number of ether oxygens (including phenoxy) is 4. The van der Waals surface area contributed by atoms with E-state index in [-0.39, 0.29) is 31.6 Å². The Hall–Kier alpha value is -7.55. The predicted molar refractivity (Wildman–Crippen MR) is 209 cm³/mol. The van der Waals surface area contributed by atoms with Crippen LogP contribution >= 0.6 is 0 Å². The molecule has 304 valence electrons. The second-order valence-electron chi connectivity index (χ2n) is 14.5. The Labute approximate surface area is 339 Å². The molecule has 9 aromatic rings. The average molecular weight is 812 g/mol. The van der Waals surface area contributed by atoms with Gasteiger partial charge in [0.05, 0.1) is 37.1 Å². The van der Waals surface area contributed by atoms with E-state index in [1.807, 2.05) is 29.8 Å². The van der Waals surface area contributed by atoms with E-state index in [4.69, 9.17) is 43.1 Å². The first-order chi connectivity index (χ1) is 29.3. The fraction of sp³-hybridized carbons (Fsp3) is 0.308. The molecule has 0 aliphatic carbocycles. The Balaban J connectivity index is 0.855. The SMILES string of the molecule is COc1cc2nnc(-c3cc(CCOc4cc5nnc(-c6cc(C)on6)n5nc4OCc4ccc5ncn(C)c5n4)on3)n2nc1OCc1ccc2c(n1)CN(C(C)C)C2. The molecule has 0 saturated carbocycles. The highest BCUT2D eigenvalue weighted by atomic mass is 16.5. The van der Waals surface area contributed by atoms with Gasteiger partial charge in [0.15, 0.2) is 39.8 Å². The maximum Gasteiger partial charge on any atom is 0.275 e. The van der Waals surface area contributed by atoms with Gasteiger partial charge < -0.3 is 32.6 Å². The molecule has 1 aliphatic heterocycles. The average Bonchev–Trinajstić information content (AvgIpc) is 4.12. The van der Waals surface area contributed by atoms with E-state index in [1.165, 1.54) is 14.6 Å². The zero-order chi connectivity index (χ0) is 40.9. The zero-order valence-corrected chi connectivity index (χ0v) is 33.2. The van der Waals surface area contributed by atoms with Crippen molar-refractivity contribution in [3.63, 3.8) is 0 Å². The summed E-state index contributed by atoms with van der Waals surface area (Å²) in [5, 5.41) is 34.9. The quantitative estimate of drug-likeness (QED) is 0.149. The molecule has 0 unspecified atom stereocenters. The summed E-state index contributed by atoms with van der Waals surface area (Å²) in [6.45, 7) is 8.34. The van der Waals surface area contributed by atoms with Gasteiger partial charge in [0.1, 0.15) is 30.3 Å². The van der Waals surface area contributed by atoms with Crippen molar-refractivity contribution in [2.24, 2.45) is 7.05 Å². The summed E-state index contributed by atoms with van der Waals surface area (Å²) in [6.07, 6.45) is 2.05. The molecule has 0 atom stereocenters. The first-order valence-corrected chi connectivity index (χ1v) is 19.1.